The molecule has 0 radical (unpaired) electrons. The van der Waals surface area contributed by atoms with Gasteiger partial charge in [0.2, 0.25) is 13.6 Å². The molecule has 142 valence electrons. The van der Waals surface area contributed by atoms with Crippen molar-refractivity contribution in [1.29, 1.82) is 0 Å². The van der Waals surface area contributed by atoms with Gasteiger partial charge in [0, 0.05) is 0 Å². The van der Waals surface area contributed by atoms with Crippen molar-refractivity contribution in [2.75, 3.05) is 33.7 Å². The first-order valence-electron chi connectivity index (χ1n) is 9.22. The van der Waals surface area contributed by atoms with E-state index in [0.717, 1.165) is 45.3 Å². The number of ketones is 1. The molecule has 0 aromatic heterocycles. The summed E-state index contributed by atoms with van der Waals surface area (Å²) >= 11 is 0. The fourth-order valence-corrected chi connectivity index (χ4v) is 3.72. The fourth-order valence-electron chi connectivity index (χ4n) is 3.72. The monoisotopic (exact) mass is 378 g/mol. The average Bonchev–Trinajstić information content (AvgIpc) is 3.33. The van der Waals surface area contributed by atoms with E-state index < -0.39 is 0 Å². The maximum Gasteiger partial charge on any atom is 0.231 e. The predicted molar refractivity (Wildman–Crippen MR) is 103 cm³/mol. The van der Waals surface area contributed by atoms with E-state index >= 15 is 0 Å². The quantitative estimate of drug-likeness (QED) is 0.807. The van der Waals surface area contributed by atoms with Gasteiger partial charge in [-0.05, 0) is 47.5 Å². The van der Waals surface area contributed by atoms with Crippen LogP contribution in [0.3, 0.4) is 0 Å². The lowest BCUT2D eigenvalue weighted by molar-refractivity contribution is -0.870. The number of quaternary nitrogens is 1. The van der Waals surface area contributed by atoms with Gasteiger partial charge in [0.15, 0.2) is 28.8 Å². The third-order valence-electron chi connectivity index (χ3n) is 5.04. The maximum absolute atomic E-state index is 13.1. The van der Waals surface area contributed by atoms with Gasteiger partial charge in [-0.25, -0.2) is 0 Å². The number of rotatable bonds is 2. The molecule has 3 aliphatic rings. The first kappa shape index (κ1) is 16.9. The number of carbonyl (C=O) groups is 1. The van der Waals surface area contributed by atoms with Crippen LogP contribution in [0.5, 0.6) is 23.0 Å². The second-order valence-electron chi connectivity index (χ2n) is 7.20. The van der Waals surface area contributed by atoms with Gasteiger partial charge in [-0.1, -0.05) is 12.1 Å². The van der Waals surface area contributed by atoms with Crippen molar-refractivity contribution in [3.63, 3.8) is 0 Å². The fraction of sp³-hybridized carbons (Fsp3) is 0.227. The van der Waals surface area contributed by atoms with Crippen LogP contribution in [-0.2, 0) is 4.79 Å². The van der Waals surface area contributed by atoms with Crippen molar-refractivity contribution >= 4 is 17.9 Å². The van der Waals surface area contributed by atoms with Crippen LogP contribution in [0.4, 0.5) is 0 Å². The van der Waals surface area contributed by atoms with Gasteiger partial charge in [-0.3, -0.25) is 4.79 Å². The van der Waals surface area contributed by atoms with Crippen LogP contribution in [0.25, 0.3) is 12.2 Å². The van der Waals surface area contributed by atoms with E-state index in [4.69, 9.17) is 18.9 Å². The summed E-state index contributed by atoms with van der Waals surface area (Å²) in [6, 6.07) is 11.5. The zero-order valence-electron chi connectivity index (χ0n) is 15.5. The van der Waals surface area contributed by atoms with Crippen molar-refractivity contribution in [1.82, 2.24) is 0 Å². The number of nitrogens with one attached hydrogen (secondary N) is 1. The van der Waals surface area contributed by atoms with Crippen LogP contribution < -0.4 is 23.8 Å². The molecule has 0 amide bonds. The third kappa shape index (κ3) is 3.12. The Morgan fingerprint density at radius 2 is 1.21 bits per heavy atom. The smallest absolute Gasteiger partial charge is 0.231 e. The summed E-state index contributed by atoms with van der Waals surface area (Å²) in [6.07, 6.45) is 3.89. The Balaban J connectivity index is 1.45. The summed E-state index contributed by atoms with van der Waals surface area (Å²) in [5.74, 6) is 3.00. The molecule has 1 fully saturated rings. The van der Waals surface area contributed by atoms with Crippen molar-refractivity contribution < 1.29 is 28.6 Å². The highest BCUT2D eigenvalue weighted by Crippen LogP contribution is 2.34. The topological polar surface area (TPSA) is 58.4 Å². The van der Waals surface area contributed by atoms with Gasteiger partial charge in [0.05, 0.1) is 18.2 Å². The van der Waals surface area contributed by atoms with E-state index in [1.165, 1.54) is 4.90 Å². The Kier molecular flexibility index (Phi) is 4.06. The summed E-state index contributed by atoms with van der Waals surface area (Å²) in [5.41, 5.74) is 3.44. The molecule has 2 aromatic rings. The van der Waals surface area contributed by atoms with Crippen LogP contribution in [0, 0.1) is 0 Å². The number of ether oxygens (including phenoxy) is 4. The minimum absolute atomic E-state index is 0.0842. The number of fused-ring (bicyclic) bond motifs is 2. The molecule has 3 heterocycles. The Bertz CT molecular complexity index is 944. The SMILES string of the molecule is C[NH+]1CC(=Cc2ccc3c(c2)OCO3)C(=O)/C(=C/c2ccc3c(c2)OCO3)C1. The number of hydrogen-bond acceptors (Lipinski definition) is 5. The lowest BCUT2D eigenvalue weighted by Crippen LogP contribution is -3.10. The lowest BCUT2D eigenvalue weighted by atomic mass is 9.94. The molecule has 5 rings (SSSR count). The zero-order chi connectivity index (χ0) is 19.1. The molecule has 3 aliphatic heterocycles. The van der Waals surface area contributed by atoms with Gasteiger partial charge in [0.1, 0.15) is 13.1 Å². The number of carbonyl (C=O) groups excluding carboxylic acids is 1. The van der Waals surface area contributed by atoms with Crippen LogP contribution in [-0.4, -0.2) is 39.5 Å². The molecule has 2 aromatic carbocycles. The second kappa shape index (κ2) is 6.73. The van der Waals surface area contributed by atoms with Gasteiger partial charge in [0.25, 0.3) is 0 Å². The van der Waals surface area contributed by atoms with Crippen LogP contribution in [0.1, 0.15) is 11.1 Å². The Hall–Kier alpha value is -3.25. The van der Waals surface area contributed by atoms with Crippen molar-refractivity contribution in [2.24, 2.45) is 0 Å². The molecule has 1 atom stereocenters. The summed E-state index contributed by atoms with van der Waals surface area (Å²) in [5, 5.41) is 0. The van der Waals surface area contributed by atoms with Crippen LogP contribution in [0.15, 0.2) is 47.5 Å². The number of likely N-dealkylation sites (N-methyl/N-ethyl adjacent to an activating group) is 1. The molecule has 6 nitrogen and oxygen atoms in total. The highest BCUT2D eigenvalue weighted by molar-refractivity contribution is 6.14. The highest BCUT2D eigenvalue weighted by Gasteiger charge is 2.27. The third-order valence-corrected chi connectivity index (χ3v) is 5.04. The predicted octanol–water partition coefficient (Wildman–Crippen LogP) is 1.71. The average molecular weight is 378 g/mol. The largest absolute Gasteiger partial charge is 0.454 e. The van der Waals surface area contributed by atoms with E-state index in [1.807, 2.05) is 48.6 Å². The molecule has 6 heteroatoms. The summed E-state index contributed by atoms with van der Waals surface area (Å²) in [6.45, 7) is 1.85. The standard InChI is InChI=1S/C22H19NO5/c1-23-10-16(6-14-2-4-18-20(8-14)27-12-25-18)22(24)17(11-23)7-15-3-5-19-21(9-15)28-13-26-19/h2-9H,10-13H2,1H3/p+1/b16-6+,17-7?. The number of Topliss-reactive ketones (excluding diaryl/α,β-unsaturated/α-hetero) is 1. The summed E-state index contributed by atoms with van der Waals surface area (Å²) < 4.78 is 21.6. The molecule has 1 unspecified atom stereocenters. The molecule has 28 heavy (non-hydrogen) atoms. The molecule has 1 saturated heterocycles. The van der Waals surface area contributed by atoms with E-state index in [1.54, 1.807) is 0 Å². The summed E-state index contributed by atoms with van der Waals surface area (Å²) in [7, 11) is 2.09. The van der Waals surface area contributed by atoms with Gasteiger partial charge in [-0.15, -0.1) is 0 Å². The molecule has 1 N–H and O–H groups in total. The number of benzene rings is 2. The number of piperidine rings is 1. The second-order valence-corrected chi connectivity index (χ2v) is 7.20. The van der Waals surface area contributed by atoms with Gasteiger partial charge >= 0.3 is 0 Å². The molecular weight excluding hydrogens is 358 g/mol. The molecule has 0 bridgehead atoms. The maximum atomic E-state index is 13.1. The minimum Gasteiger partial charge on any atom is -0.454 e. The Morgan fingerprint density at radius 1 is 0.750 bits per heavy atom. The van der Waals surface area contributed by atoms with Gasteiger partial charge in [-0.2, -0.15) is 0 Å². The van der Waals surface area contributed by atoms with Crippen LogP contribution in [0.2, 0.25) is 0 Å². The van der Waals surface area contributed by atoms with Crippen molar-refractivity contribution in [3.05, 3.63) is 58.7 Å². The van der Waals surface area contributed by atoms with Crippen LogP contribution >= 0.6 is 0 Å². The lowest BCUT2D eigenvalue weighted by Gasteiger charge is -2.23. The molecular formula is C22H20NO5+. The first-order valence-corrected chi connectivity index (χ1v) is 9.22. The van der Waals surface area contributed by atoms with E-state index in [-0.39, 0.29) is 19.4 Å². The first-order chi connectivity index (χ1) is 13.7. The normalized spacial score (nSPS) is 22.9. The van der Waals surface area contributed by atoms with E-state index in [2.05, 4.69) is 7.05 Å². The van der Waals surface area contributed by atoms with Gasteiger partial charge < -0.3 is 23.8 Å². The molecule has 0 aliphatic carbocycles. The highest BCUT2D eigenvalue weighted by atomic mass is 16.7. The summed E-state index contributed by atoms with van der Waals surface area (Å²) in [4.78, 5) is 14.3. The van der Waals surface area contributed by atoms with E-state index in [0.29, 0.717) is 13.1 Å². The minimum atomic E-state index is 0.0842. The number of hydrogen-bond donors (Lipinski definition) is 1. The van der Waals surface area contributed by atoms with E-state index in [9.17, 15) is 4.79 Å². The van der Waals surface area contributed by atoms with Crippen molar-refractivity contribution in [2.45, 2.75) is 0 Å². The Labute approximate surface area is 162 Å². The zero-order valence-corrected chi connectivity index (χ0v) is 15.5. The Morgan fingerprint density at radius 3 is 1.71 bits per heavy atom. The molecule has 0 saturated carbocycles. The number of likely N-dealkylation sites (tertiary alicyclic amines) is 1. The molecule has 0 spiro atoms. The van der Waals surface area contributed by atoms with Crippen molar-refractivity contribution in [3.8, 4) is 23.0 Å².